The minimum atomic E-state index is -4.47. The first-order chi connectivity index (χ1) is 8.58. The van der Waals surface area contributed by atoms with Crippen LogP contribution >= 0.6 is 0 Å². The van der Waals surface area contributed by atoms with Gasteiger partial charge in [-0.1, -0.05) is 0 Å². The standard InChI is InChI=1S/C12H15F3N2O2/c1-11(2,19-3)10(18)17-9-5-4-7(6-8(9)16)12(13,14)15/h4-6H,16H2,1-3H3,(H,17,18). The number of rotatable bonds is 3. The molecule has 3 N–H and O–H groups in total. The number of amides is 1. The SMILES string of the molecule is COC(C)(C)C(=O)Nc1ccc(C(F)(F)F)cc1N. The second-order valence-electron chi connectivity index (χ2n) is 4.47. The normalized spacial score (nSPS) is 12.3. The third-order valence-electron chi connectivity index (χ3n) is 2.68. The summed E-state index contributed by atoms with van der Waals surface area (Å²) in [5.74, 6) is -0.499. The molecule has 1 amide bonds. The number of carbonyl (C=O) groups excluding carboxylic acids is 1. The molecule has 0 aliphatic carbocycles. The highest BCUT2D eigenvalue weighted by Gasteiger charge is 2.31. The van der Waals surface area contributed by atoms with Crippen LogP contribution in [0.2, 0.25) is 0 Å². The smallest absolute Gasteiger partial charge is 0.397 e. The zero-order valence-corrected chi connectivity index (χ0v) is 10.8. The van der Waals surface area contributed by atoms with Crippen LogP contribution in [0.3, 0.4) is 0 Å². The lowest BCUT2D eigenvalue weighted by atomic mass is 10.1. The van der Waals surface area contributed by atoms with E-state index in [4.69, 9.17) is 10.5 Å². The molecule has 0 bridgehead atoms. The molecule has 0 radical (unpaired) electrons. The topological polar surface area (TPSA) is 64.3 Å². The maximum Gasteiger partial charge on any atom is 0.416 e. The highest BCUT2D eigenvalue weighted by Crippen LogP contribution is 2.33. The number of alkyl halides is 3. The minimum absolute atomic E-state index is 0.114. The average molecular weight is 276 g/mol. The van der Waals surface area contributed by atoms with Crippen LogP contribution in [0.4, 0.5) is 24.5 Å². The quantitative estimate of drug-likeness (QED) is 0.834. The number of carbonyl (C=O) groups is 1. The molecular formula is C12H15F3N2O2. The van der Waals surface area contributed by atoms with Crippen molar-refractivity contribution in [1.29, 1.82) is 0 Å². The van der Waals surface area contributed by atoms with Gasteiger partial charge in [-0.05, 0) is 32.0 Å². The van der Waals surface area contributed by atoms with Gasteiger partial charge in [0.25, 0.3) is 5.91 Å². The summed E-state index contributed by atoms with van der Waals surface area (Å²) in [6.45, 7) is 3.06. The van der Waals surface area contributed by atoms with E-state index in [2.05, 4.69) is 5.32 Å². The van der Waals surface area contributed by atoms with Gasteiger partial charge < -0.3 is 15.8 Å². The molecule has 0 fully saturated rings. The van der Waals surface area contributed by atoms with Crippen molar-refractivity contribution in [3.63, 3.8) is 0 Å². The Morgan fingerprint density at radius 3 is 2.32 bits per heavy atom. The van der Waals surface area contributed by atoms with E-state index in [0.717, 1.165) is 18.2 Å². The fraction of sp³-hybridized carbons (Fsp3) is 0.417. The van der Waals surface area contributed by atoms with Gasteiger partial charge in [0.15, 0.2) is 0 Å². The van der Waals surface area contributed by atoms with E-state index in [1.165, 1.54) is 21.0 Å². The van der Waals surface area contributed by atoms with Gasteiger partial charge in [0.05, 0.1) is 16.9 Å². The Morgan fingerprint density at radius 1 is 1.32 bits per heavy atom. The van der Waals surface area contributed by atoms with Gasteiger partial charge in [-0.15, -0.1) is 0 Å². The lowest BCUT2D eigenvalue weighted by Crippen LogP contribution is -2.39. The molecule has 0 saturated heterocycles. The van der Waals surface area contributed by atoms with Crippen LogP contribution in [0.25, 0.3) is 0 Å². The van der Waals surface area contributed by atoms with E-state index in [-0.39, 0.29) is 11.4 Å². The predicted octanol–water partition coefficient (Wildman–Crippen LogP) is 2.65. The van der Waals surface area contributed by atoms with Crippen LogP contribution in [0.5, 0.6) is 0 Å². The molecule has 1 aromatic rings. The van der Waals surface area contributed by atoms with Crippen molar-refractivity contribution in [2.24, 2.45) is 0 Å². The highest BCUT2D eigenvalue weighted by molar-refractivity contribution is 5.99. The third-order valence-corrected chi connectivity index (χ3v) is 2.68. The molecule has 0 aliphatic heterocycles. The van der Waals surface area contributed by atoms with Crippen LogP contribution < -0.4 is 11.1 Å². The molecule has 4 nitrogen and oxygen atoms in total. The summed E-state index contributed by atoms with van der Waals surface area (Å²) in [4.78, 5) is 11.8. The summed E-state index contributed by atoms with van der Waals surface area (Å²) >= 11 is 0. The number of anilines is 2. The molecule has 1 aromatic carbocycles. The fourth-order valence-electron chi connectivity index (χ4n) is 1.22. The third kappa shape index (κ3) is 3.60. The van der Waals surface area contributed by atoms with Crippen molar-refractivity contribution in [2.75, 3.05) is 18.2 Å². The van der Waals surface area contributed by atoms with Gasteiger partial charge in [-0.25, -0.2) is 0 Å². The predicted molar refractivity (Wildman–Crippen MR) is 65.6 cm³/mol. The summed E-state index contributed by atoms with van der Waals surface area (Å²) in [7, 11) is 1.36. The number of halogens is 3. The molecule has 0 atom stereocenters. The largest absolute Gasteiger partial charge is 0.416 e. The molecule has 0 spiro atoms. The summed E-state index contributed by atoms with van der Waals surface area (Å²) in [5, 5.41) is 2.42. The molecule has 1 rings (SSSR count). The molecule has 0 unspecified atom stereocenters. The number of nitrogens with two attached hydrogens (primary N) is 1. The Morgan fingerprint density at radius 2 is 1.89 bits per heavy atom. The van der Waals surface area contributed by atoms with Gasteiger partial charge in [0.1, 0.15) is 5.60 Å². The molecule has 19 heavy (non-hydrogen) atoms. The van der Waals surface area contributed by atoms with Crippen LogP contribution in [-0.2, 0) is 15.7 Å². The zero-order chi connectivity index (χ0) is 14.8. The van der Waals surface area contributed by atoms with E-state index in [1.54, 1.807) is 0 Å². The lowest BCUT2D eigenvalue weighted by molar-refractivity contribution is -0.137. The number of nitrogen functional groups attached to an aromatic ring is 1. The molecule has 0 aliphatic rings. The highest BCUT2D eigenvalue weighted by atomic mass is 19.4. The zero-order valence-electron chi connectivity index (χ0n) is 10.8. The number of nitrogens with one attached hydrogen (secondary N) is 1. The van der Waals surface area contributed by atoms with Crippen molar-refractivity contribution in [2.45, 2.75) is 25.6 Å². The summed E-state index contributed by atoms with van der Waals surface area (Å²) in [6, 6.07) is 2.74. The van der Waals surface area contributed by atoms with Gasteiger partial charge in [-0.3, -0.25) is 4.79 Å². The molecule has 7 heteroatoms. The van der Waals surface area contributed by atoms with Crippen molar-refractivity contribution in [3.8, 4) is 0 Å². The minimum Gasteiger partial charge on any atom is -0.397 e. The van der Waals surface area contributed by atoms with E-state index in [1.807, 2.05) is 0 Å². The Kier molecular flexibility index (Phi) is 4.09. The summed E-state index contributed by atoms with van der Waals surface area (Å²) in [6.07, 6.45) is -4.47. The number of ether oxygens (including phenoxy) is 1. The molecule has 0 saturated carbocycles. The van der Waals surface area contributed by atoms with Crippen LogP contribution in [0, 0.1) is 0 Å². The monoisotopic (exact) mass is 276 g/mol. The average Bonchev–Trinajstić information content (AvgIpc) is 2.30. The van der Waals surface area contributed by atoms with Gasteiger partial charge in [-0.2, -0.15) is 13.2 Å². The first-order valence-corrected chi connectivity index (χ1v) is 5.41. The first kappa shape index (κ1) is 15.3. The van der Waals surface area contributed by atoms with Gasteiger partial charge in [0, 0.05) is 7.11 Å². The van der Waals surface area contributed by atoms with E-state index in [9.17, 15) is 18.0 Å². The summed E-state index contributed by atoms with van der Waals surface area (Å²) < 4.78 is 42.3. The summed E-state index contributed by atoms with van der Waals surface area (Å²) in [5.41, 5.74) is 3.48. The van der Waals surface area contributed by atoms with Crippen LogP contribution in [0.15, 0.2) is 18.2 Å². The van der Waals surface area contributed by atoms with Crippen LogP contribution in [-0.4, -0.2) is 18.6 Å². The van der Waals surface area contributed by atoms with Gasteiger partial charge in [0.2, 0.25) is 0 Å². The maximum atomic E-state index is 12.4. The first-order valence-electron chi connectivity index (χ1n) is 5.41. The van der Waals surface area contributed by atoms with Crippen molar-refractivity contribution >= 4 is 17.3 Å². The Hall–Kier alpha value is -1.76. The van der Waals surface area contributed by atoms with E-state index in [0.29, 0.717) is 0 Å². The van der Waals surface area contributed by atoms with E-state index >= 15 is 0 Å². The second kappa shape index (κ2) is 5.08. The van der Waals surface area contributed by atoms with Crippen LogP contribution in [0.1, 0.15) is 19.4 Å². The van der Waals surface area contributed by atoms with Crippen molar-refractivity contribution in [1.82, 2.24) is 0 Å². The second-order valence-corrected chi connectivity index (χ2v) is 4.47. The lowest BCUT2D eigenvalue weighted by Gasteiger charge is -2.22. The Labute approximate surface area is 108 Å². The van der Waals surface area contributed by atoms with E-state index < -0.39 is 23.2 Å². The van der Waals surface area contributed by atoms with Crippen molar-refractivity contribution < 1.29 is 22.7 Å². The maximum absolute atomic E-state index is 12.4. The Bertz CT molecular complexity index is 484. The molecule has 106 valence electrons. The van der Waals surface area contributed by atoms with Crippen molar-refractivity contribution in [3.05, 3.63) is 23.8 Å². The number of benzene rings is 1. The fourth-order valence-corrected chi connectivity index (χ4v) is 1.22. The van der Waals surface area contributed by atoms with Gasteiger partial charge >= 0.3 is 6.18 Å². The molecular weight excluding hydrogens is 261 g/mol. The number of methoxy groups -OCH3 is 1. The molecule has 0 aromatic heterocycles. The molecule has 0 heterocycles. The Balaban J connectivity index is 2.96. The number of hydrogen-bond donors (Lipinski definition) is 2. The number of hydrogen-bond acceptors (Lipinski definition) is 3.